The van der Waals surface area contributed by atoms with Crippen LogP contribution in [0.4, 0.5) is 5.69 Å². The monoisotopic (exact) mass is 518 g/mol. The molecular weight excluding hydrogens is 492 g/mol. The van der Waals surface area contributed by atoms with Gasteiger partial charge in [-0.1, -0.05) is 47.6 Å². The van der Waals surface area contributed by atoms with Crippen LogP contribution in [0.5, 0.6) is 11.5 Å². The Labute approximate surface area is 201 Å². The Bertz CT molecular complexity index is 1040. The quantitative estimate of drug-likeness (QED) is 0.353. The molecule has 1 aromatic heterocycles. The molecule has 0 bridgehead atoms. The zero-order valence-electron chi connectivity index (χ0n) is 18.5. The number of carbonyl (C=O) groups excluding carboxylic acids is 1. The minimum atomic E-state index is -0.320. The largest absolute Gasteiger partial charge is 0.497 e. The highest BCUT2D eigenvalue weighted by Crippen LogP contribution is 2.27. The summed E-state index contributed by atoms with van der Waals surface area (Å²) in [7, 11) is 1.62. The highest BCUT2D eigenvalue weighted by Gasteiger charge is 2.21. The Morgan fingerprint density at radius 3 is 2.53 bits per heavy atom. The Hall–Kier alpha value is -2.52. The maximum atomic E-state index is 12.4. The molecule has 1 heterocycles. The third-order valence-electron chi connectivity index (χ3n) is 4.47. The molecule has 32 heavy (non-hydrogen) atoms. The van der Waals surface area contributed by atoms with Crippen molar-refractivity contribution in [1.29, 1.82) is 0 Å². The Kier molecular flexibility index (Phi) is 8.58. The first-order chi connectivity index (χ1) is 15.4. The molecule has 7 nitrogen and oxygen atoms in total. The molecule has 9 heteroatoms. The van der Waals surface area contributed by atoms with Gasteiger partial charge in [-0.25, -0.2) is 0 Å². The van der Waals surface area contributed by atoms with Gasteiger partial charge in [-0.3, -0.25) is 4.79 Å². The average molecular weight is 519 g/mol. The van der Waals surface area contributed by atoms with Crippen LogP contribution >= 0.6 is 27.7 Å². The van der Waals surface area contributed by atoms with E-state index in [0.717, 1.165) is 28.3 Å². The van der Waals surface area contributed by atoms with E-state index in [4.69, 9.17) is 9.47 Å². The first-order valence-electron chi connectivity index (χ1n) is 10.3. The fraction of sp³-hybridized carbons (Fsp3) is 0.348. The van der Waals surface area contributed by atoms with Crippen LogP contribution in [0.25, 0.3) is 0 Å². The number of hydrogen-bond acceptors (Lipinski definition) is 6. The van der Waals surface area contributed by atoms with E-state index in [-0.39, 0.29) is 17.8 Å². The van der Waals surface area contributed by atoms with Crippen LogP contribution < -0.4 is 14.8 Å². The van der Waals surface area contributed by atoms with Crippen molar-refractivity contribution < 1.29 is 14.3 Å². The number of methoxy groups -OCH3 is 1. The predicted octanol–water partition coefficient (Wildman–Crippen LogP) is 5.58. The van der Waals surface area contributed by atoms with Gasteiger partial charge in [0, 0.05) is 22.8 Å². The minimum absolute atomic E-state index is 0.0985. The van der Waals surface area contributed by atoms with Crippen molar-refractivity contribution in [3.63, 3.8) is 0 Å². The van der Waals surface area contributed by atoms with Crippen LogP contribution in [-0.4, -0.2) is 33.5 Å². The molecule has 1 amide bonds. The Morgan fingerprint density at radius 2 is 1.84 bits per heavy atom. The zero-order valence-corrected chi connectivity index (χ0v) is 20.9. The summed E-state index contributed by atoms with van der Waals surface area (Å²) in [6, 6.07) is 14.9. The van der Waals surface area contributed by atoms with Gasteiger partial charge >= 0.3 is 0 Å². The second-order valence-corrected chi connectivity index (χ2v) is 9.49. The molecule has 0 radical (unpaired) electrons. The van der Waals surface area contributed by atoms with Gasteiger partial charge in [-0.15, -0.1) is 10.2 Å². The number of nitrogens with one attached hydrogen (secondary N) is 1. The molecule has 0 saturated heterocycles. The Balaban J connectivity index is 1.69. The van der Waals surface area contributed by atoms with Gasteiger partial charge in [0.05, 0.1) is 12.9 Å². The summed E-state index contributed by atoms with van der Waals surface area (Å²) in [5, 5.41) is 12.3. The van der Waals surface area contributed by atoms with Crippen molar-refractivity contribution in [2.75, 3.05) is 18.2 Å². The second kappa shape index (κ2) is 11.4. The second-order valence-electron chi connectivity index (χ2n) is 7.63. The highest BCUT2D eigenvalue weighted by atomic mass is 79.9. The van der Waals surface area contributed by atoms with Crippen LogP contribution in [0.3, 0.4) is 0 Å². The number of hydrogen-bond donors (Lipinski definition) is 1. The summed E-state index contributed by atoms with van der Waals surface area (Å²) < 4.78 is 14.4. The number of aromatic nitrogens is 3. The first kappa shape index (κ1) is 24.1. The van der Waals surface area contributed by atoms with E-state index < -0.39 is 0 Å². The number of benzene rings is 2. The molecule has 0 aliphatic heterocycles. The van der Waals surface area contributed by atoms with E-state index in [0.29, 0.717) is 16.8 Å². The van der Waals surface area contributed by atoms with Crippen molar-refractivity contribution in [2.24, 2.45) is 5.92 Å². The molecule has 3 aromatic rings. The van der Waals surface area contributed by atoms with Gasteiger partial charge in [0.2, 0.25) is 5.91 Å². The molecule has 1 N–H and O–H groups in total. The molecule has 0 aliphatic rings. The molecule has 0 saturated carbocycles. The lowest BCUT2D eigenvalue weighted by molar-refractivity contribution is -0.113. The summed E-state index contributed by atoms with van der Waals surface area (Å²) in [5.41, 5.74) is 0.753. The van der Waals surface area contributed by atoms with Crippen molar-refractivity contribution in [3.8, 4) is 11.5 Å². The number of rotatable bonds is 10. The lowest BCUT2D eigenvalue weighted by Crippen LogP contribution is -2.17. The molecule has 1 atom stereocenters. The summed E-state index contributed by atoms with van der Waals surface area (Å²) in [4.78, 5) is 12.4. The van der Waals surface area contributed by atoms with Crippen LogP contribution in [-0.2, 0) is 11.3 Å². The molecule has 0 aliphatic carbocycles. The van der Waals surface area contributed by atoms with Crippen LogP contribution in [0.1, 0.15) is 32.7 Å². The van der Waals surface area contributed by atoms with E-state index >= 15 is 0 Å². The average Bonchev–Trinajstić information content (AvgIpc) is 3.16. The SMILES string of the molecule is COc1cccc(OC(C)c2nnc(SCC(=O)Nc3ccc(Br)cc3)n2CC(C)C)c1. The number of halogens is 1. The molecule has 0 fully saturated rings. The van der Waals surface area contributed by atoms with Gasteiger partial charge in [0.15, 0.2) is 17.1 Å². The van der Waals surface area contributed by atoms with E-state index in [1.807, 2.05) is 60.0 Å². The van der Waals surface area contributed by atoms with E-state index in [1.54, 1.807) is 7.11 Å². The van der Waals surface area contributed by atoms with E-state index in [1.165, 1.54) is 11.8 Å². The van der Waals surface area contributed by atoms with Gasteiger partial charge in [0.25, 0.3) is 0 Å². The molecule has 3 rings (SSSR count). The number of ether oxygens (including phenoxy) is 2. The fourth-order valence-corrected chi connectivity index (χ4v) is 4.06. The Morgan fingerprint density at radius 1 is 1.12 bits per heavy atom. The van der Waals surface area contributed by atoms with Gasteiger partial charge < -0.3 is 19.4 Å². The zero-order chi connectivity index (χ0) is 23.1. The van der Waals surface area contributed by atoms with Crippen molar-refractivity contribution in [3.05, 3.63) is 58.8 Å². The van der Waals surface area contributed by atoms with Crippen LogP contribution in [0, 0.1) is 5.92 Å². The molecule has 0 spiro atoms. The van der Waals surface area contributed by atoms with E-state index in [2.05, 4.69) is 45.3 Å². The minimum Gasteiger partial charge on any atom is -0.497 e. The standard InChI is InChI=1S/C23H27BrN4O3S/c1-15(2)13-28-22(16(3)31-20-7-5-6-19(12-20)30-4)26-27-23(28)32-14-21(29)25-18-10-8-17(24)9-11-18/h5-12,15-16H,13-14H2,1-4H3,(H,25,29). The normalized spacial score (nSPS) is 11.9. The highest BCUT2D eigenvalue weighted by molar-refractivity contribution is 9.10. The summed E-state index contributed by atoms with van der Waals surface area (Å²) in [5.74, 6) is 2.66. The molecule has 1 unspecified atom stereocenters. The van der Waals surface area contributed by atoms with Crippen molar-refractivity contribution in [1.82, 2.24) is 14.8 Å². The lowest BCUT2D eigenvalue weighted by Gasteiger charge is -2.18. The first-order valence-corrected chi connectivity index (χ1v) is 12.1. The molecule has 2 aromatic carbocycles. The van der Waals surface area contributed by atoms with E-state index in [9.17, 15) is 4.79 Å². The molecular formula is C23H27BrN4O3S. The predicted molar refractivity (Wildman–Crippen MR) is 130 cm³/mol. The smallest absolute Gasteiger partial charge is 0.234 e. The topological polar surface area (TPSA) is 78.3 Å². The summed E-state index contributed by atoms with van der Waals surface area (Å²) in [6.07, 6.45) is -0.320. The number of nitrogens with zero attached hydrogens (tertiary/aromatic N) is 3. The number of amides is 1. The number of thioether (sulfide) groups is 1. The van der Waals surface area contributed by atoms with Gasteiger partial charge in [-0.2, -0.15) is 0 Å². The van der Waals surface area contributed by atoms with Gasteiger partial charge in [0.1, 0.15) is 11.5 Å². The lowest BCUT2D eigenvalue weighted by atomic mass is 10.2. The third kappa shape index (κ3) is 6.74. The number of carbonyl (C=O) groups is 1. The number of anilines is 1. The summed E-state index contributed by atoms with van der Waals surface area (Å²) >= 11 is 4.75. The molecule has 170 valence electrons. The fourth-order valence-electron chi connectivity index (χ4n) is 3.04. The third-order valence-corrected chi connectivity index (χ3v) is 5.97. The van der Waals surface area contributed by atoms with Crippen LogP contribution in [0.2, 0.25) is 0 Å². The van der Waals surface area contributed by atoms with Gasteiger partial charge in [-0.05, 0) is 49.2 Å². The maximum absolute atomic E-state index is 12.4. The van der Waals surface area contributed by atoms with Crippen molar-refractivity contribution >= 4 is 39.3 Å². The van der Waals surface area contributed by atoms with Crippen LogP contribution in [0.15, 0.2) is 58.2 Å². The summed E-state index contributed by atoms with van der Waals surface area (Å²) in [6.45, 7) is 6.93. The van der Waals surface area contributed by atoms with Crippen molar-refractivity contribution in [2.45, 2.75) is 38.6 Å². The maximum Gasteiger partial charge on any atom is 0.234 e.